The van der Waals surface area contributed by atoms with Crippen molar-refractivity contribution in [1.29, 1.82) is 0 Å². The largest absolute Gasteiger partial charge is 0.466 e. The molecule has 106 valence electrons. The van der Waals surface area contributed by atoms with Gasteiger partial charge in [0.1, 0.15) is 0 Å². The molecule has 1 unspecified atom stereocenters. The molecule has 1 N–H and O–H groups in total. The van der Waals surface area contributed by atoms with Crippen molar-refractivity contribution in [2.75, 3.05) is 39.5 Å². The maximum atomic E-state index is 11.1. The summed E-state index contributed by atoms with van der Waals surface area (Å²) >= 11 is 0. The molecule has 1 fully saturated rings. The van der Waals surface area contributed by atoms with Crippen molar-refractivity contribution in [3.8, 4) is 0 Å². The van der Waals surface area contributed by atoms with E-state index in [0.717, 1.165) is 38.9 Å². The fraction of sp³-hybridized carbons (Fsp3) is 0.923. The molecule has 0 amide bonds. The zero-order chi connectivity index (χ0) is 13.2. The molecule has 1 rings (SSSR count). The summed E-state index contributed by atoms with van der Waals surface area (Å²) in [6.45, 7) is 5.86. The molecule has 0 aromatic rings. The van der Waals surface area contributed by atoms with E-state index >= 15 is 0 Å². The van der Waals surface area contributed by atoms with Crippen molar-refractivity contribution >= 4 is 5.97 Å². The Kier molecular flexibility index (Phi) is 7.96. The van der Waals surface area contributed by atoms with Crippen molar-refractivity contribution in [1.82, 2.24) is 4.90 Å². The van der Waals surface area contributed by atoms with E-state index in [2.05, 4.69) is 4.90 Å². The van der Waals surface area contributed by atoms with Crippen molar-refractivity contribution in [3.63, 3.8) is 0 Å². The van der Waals surface area contributed by atoms with E-state index in [1.54, 1.807) is 0 Å². The molecule has 1 saturated heterocycles. The van der Waals surface area contributed by atoms with Gasteiger partial charge < -0.3 is 14.6 Å². The molecular weight excluding hydrogens is 234 g/mol. The van der Waals surface area contributed by atoms with Crippen LogP contribution < -0.4 is 0 Å². The smallest absolute Gasteiger partial charge is 0.305 e. The molecule has 5 nitrogen and oxygen atoms in total. The minimum atomic E-state index is -0.0933. The number of hydrogen-bond acceptors (Lipinski definition) is 5. The summed E-state index contributed by atoms with van der Waals surface area (Å²) in [5, 5.41) is 9.03. The number of esters is 1. The number of rotatable bonds is 8. The Bertz CT molecular complexity index is 235. The zero-order valence-corrected chi connectivity index (χ0v) is 11.3. The molecule has 0 saturated carbocycles. The van der Waals surface area contributed by atoms with Gasteiger partial charge in [-0.3, -0.25) is 9.69 Å². The van der Waals surface area contributed by atoms with Crippen molar-refractivity contribution in [2.24, 2.45) is 0 Å². The summed E-state index contributed by atoms with van der Waals surface area (Å²) < 4.78 is 10.3. The molecule has 1 atom stereocenters. The standard InChI is InChI=1S/C13H25NO4/c1-2-17-13(16)6-4-3-5-7-14-8-9-18-12(10-14)11-15/h12,15H,2-11H2,1H3. The van der Waals surface area contributed by atoms with Crippen molar-refractivity contribution in [2.45, 2.75) is 38.7 Å². The van der Waals surface area contributed by atoms with Crippen LogP contribution in [-0.4, -0.2) is 61.5 Å². The Morgan fingerprint density at radius 2 is 2.28 bits per heavy atom. The Balaban J connectivity index is 1.98. The van der Waals surface area contributed by atoms with Gasteiger partial charge in [-0.05, 0) is 26.3 Å². The number of nitrogens with zero attached hydrogens (tertiary/aromatic N) is 1. The molecule has 0 aliphatic carbocycles. The average molecular weight is 259 g/mol. The van der Waals surface area contributed by atoms with E-state index in [0.29, 0.717) is 19.6 Å². The minimum Gasteiger partial charge on any atom is -0.466 e. The van der Waals surface area contributed by atoms with Gasteiger partial charge in [-0.25, -0.2) is 0 Å². The highest BCUT2D eigenvalue weighted by molar-refractivity contribution is 5.69. The van der Waals surface area contributed by atoms with Crippen LogP contribution in [0.4, 0.5) is 0 Å². The lowest BCUT2D eigenvalue weighted by Crippen LogP contribution is -2.44. The molecular formula is C13H25NO4. The molecule has 0 radical (unpaired) electrons. The molecule has 0 spiro atoms. The van der Waals surface area contributed by atoms with Crippen LogP contribution in [0.15, 0.2) is 0 Å². The second kappa shape index (κ2) is 9.30. The van der Waals surface area contributed by atoms with Gasteiger partial charge in [0.2, 0.25) is 0 Å². The number of carbonyl (C=O) groups is 1. The predicted molar refractivity (Wildman–Crippen MR) is 68.4 cm³/mol. The Morgan fingerprint density at radius 3 is 3.00 bits per heavy atom. The lowest BCUT2D eigenvalue weighted by molar-refractivity contribution is -0.143. The van der Waals surface area contributed by atoms with E-state index < -0.39 is 0 Å². The monoisotopic (exact) mass is 259 g/mol. The number of ether oxygens (including phenoxy) is 2. The highest BCUT2D eigenvalue weighted by Crippen LogP contribution is 2.08. The van der Waals surface area contributed by atoms with Gasteiger partial charge in [-0.1, -0.05) is 6.42 Å². The van der Waals surface area contributed by atoms with E-state index in [1.807, 2.05) is 6.92 Å². The van der Waals surface area contributed by atoms with Gasteiger partial charge in [-0.2, -0.15) is 0 Å². The van der Waals surface area contributed by atoms with Crippen LogP contribution in [0.5, 0.6) is 0 Å². The topological polar surface area (TPSA) is 59.0 Å². The summed E-state index contributed by atoms with van der Waals surface area (Å²) in [6.07, 6.45) is 3.51. The quantitative estimate of drug-likeness (QED) is 0.516. The van der Waals surface area contributed by atoms with E-state index in [4.69, 9.17) is 14.6 Å². The Morgan fingerprint density at radius 1 is 1.44 bits per heavy atom. The van der Waals surface area contributed by atoms with Crippen LogP contribution in [0, 0.1) is 0 Å². The van der Waals surface area contributed by atoms with Gasteiger partial charge in [0, 0.05) is 19.5 Å². The Labute approximate surface area is 109 Å². The van der Waals surface area contributed by atoms with Gasteiger partial charge in [0.15, 0.2) is 0 Å². The molecule has 1 heterocycles. The molecule has 0 bridgehead atoms. The lowest BCUT2D eigenvalue weighted by Gasteiger charge is -2.31. The number of aliphatic hydroxyl groups excluding tert-OH is 1. The molecule has 18 heavy (non-hydrogen) atoms. The van der Waals surface area contributed by atoms with Gasteiger partial charge in [0.25, 0.3) is 0 Å². The first-order chi connectivity index (χ1) is 8.76. The second-order valence-corrected chi connectivity index (χ2v) is 4.59. The number of morpholine rings is 1. The van der Waals surface area contributed by atoms with Crippen molar-refractivity contribution in [3.05, 3.63) is 0 Å². The van der Waals surface area contributed by atoms with Crippen LogP contribution in [0.25, 0.3) is 0 Å². The fourth-order valence-electron chi connectivity index (χ4n) is 2.11. The van der Waals surface area contributed by atoms with Crippen LogP contribution in [-0.2, 0) is 14.3 Å². The van der Waals surface area contributed by atoms with Crippen LogP contribution in [0.1, 0.15) is 32.6 Å². The minimum absolute atomic E-state index is 0.0294. The van der Waals surface area contributed by atoms with Crippen LogP contribution in [0.3, 0.4) is 0 Å². The molecule has 1 aliphatic rings. The van der Waals surface area contributed by atoms with Gasteiger partial charge >= 0.3 is 5.97 Å². The normalized spacial score (nSPS) is 20.9. The maximum Gasteiger partial charge on any atom is 0.305 e. The summed E-state index contributed by atoms with van der Waals surface area (Å²) in [6, 6.07) is 0. The Hall–Kier alpha value is -0.650. The first-order valence-corrected chi connectivity index (χ1v) is 6.86. The third kappa shape index (κ3) is 6.33. The van der Waals surface area contributed by atoms with Gasteiger partial charge in [0.05, 0.1) is 25.9 Å². The summed E-state index contributed by atoms with van der Waals surface area (Å²) in [7, 11) is 0. The third-order valence-corrected chi connectivity index (χ3v) is 3.09. The third-order valence-electron chi connectivity index (χ3n) is 3.09. The summed E-state index contributed by atoms with van der Waals surface area (Å²) in [5.41, 5.74) is 0. The predicted octanol–water partition coefficient (Wildman–Crippen LogP) is 0.803. The maximum absolute atomic E-state index is 11.1. The van der Waals surface area contributed by atoms with Crippen LogP contribution >= 0.6 is 0 Å². The van der Waals surface area contributed by atoms with E-state index in [1.165, 1.54) is 0 Å². The summed E-state index contributed by atoms with van der Waals surface area (Å²) in [5.74, 6) is -0.0933. The fourth-order valence-corrected chi connectivity index (χ4v) is 2.11. The lowest BCUT2D eigenvalue weighted by atomic mass is 10.1. The SMILES string of the molecule is CCOC(=O)CCCCCN1CCOC(CO)C1. The zero-order valence-electron chi connectivity index (χ0n) is 11.3. The molecule has 5 heteroatoms. The van der Waals surface area contributed by atoms with Gasteiger partial charge in [-0.15, -0.1) is 0 Å². The number of hydrogen-bond donors (Lipinski definition) is 1. The van der Waals surface area contributed by atoms with E-state index in [-0.39, 0.29) is 18.7 Å². The van der Waals surface area contributed by atoms with Crippen molar-refractivity contribution < 1.29 is 19.4 Å². The highest BCUT2D eigenvalue weighted by atomic mass is 16.5. The molecule has 0 aromatic heterocycles. The molecule has 0 aromatic carbocycles. The molecule has 1 aliphatic heterocycles. The first kappa shape index (κ1) is 15.4. The highest BCUT2D eigenvalue weighted by Gasteiger charge is 2.18. The summed E-state index contributed by atoms with van der Waals surface area (Å²) in [4.78, 5) is 13.4. The second-order valence-electron chi connectivity index (χ2n) is 4.59. The number of carbonyl (C=O) groups excluding carboxylic acids is 1. The van der Waals surface area contributed by atoms with E-state index in [9.17, 15) is 4.79 Å². The number of aliphatic hydroxyl groups is 1. The first-order valence-electron chi connectivity index (χ1n) is 6.86. The van der Waals surface area contributed by atoms with Crippen LogP contribution in [0.2, 0.25) is 0 Å². The average Bonchev–Trinajstić information content (AvgIpc) is 2.39. The number of unbranched alkanes of at least 4 members (excludes halogenated alkanes) is 2.